The number of oxazole rings is 1. The molecule has 0 N–H and O–H groups in total. The molecule has 0 amide bonds. The summed E-state index contributed by atoms with van der Waals surface area (Å²) in [5.41, 5.74) is 18.7. The number of hydrogen-bond donors (Lipinski definition) is 0. The van der Waals surface area contributed by atoms with Gasteiger partial charge in [-0.15, -0.1) is 0 Å². The third kappa shape index (κ3) is 3.80. The molecule has 246 valence electrons. The van der Waals surface area contributed by atoms with Crippen molar-refractivity contribution in [3.63, 3.8) is 0 Å². The number of rotatable bonds is 3. The minimum Gasteiger partial charge on any atom is -0.455 e. The molecule has 10 aromatic rings. The number of aromatic nitrogens is 1. The molecule has 53 heavy (non-hydrogen) atoms. The highest BCUT2D eigenvalue weighted by atomic mass is 16.3. The molecule has 0 saturated heterocycles. The van der Waals surface area contributed by atoms with Crippen LogP contribution in [0.1, 0.15) is 22.3 Å². The quantitative estimate of drug-likeness (QED) is 0.187. The number of benzene rings is 8. The predicted octanol–water partition coefficient (Wildman–Crippen LogP) is 13.1. The monoisotopic (exact) mass is 675 g/mol. The Morgan fingerprint density at radius 2 is 0.887 bits per heavy atom. The zero-order chi connectivity index (χ0) is 34.7. The molecule has 3 heteroatoms. The molecule has 8 aromatic carbocycles. The highest BCUT2D eigenvalue weighted by molar-refractivity contribution is 6.09. The van der Waals surface area contributed by atoms with Gasteiger partial charge < -0.3 is 8.83 Å². The summed E-state index contributed by atoms with van der Waals surface area (Å²) in [4.78, 5) is 5.00. The summed E-state index contributed by atoms with van der Waals surface area (Å²) in [6, 6.07) is 63.0. The fraction of sp³-hybridized carbons (Fsp3) is 0.0200. The molecule has 2 aliphatic rings. The van der Waals surface area contributed by atoms with Crippen LogP contribution in [-0.2, 0) is 5.41 Å². The predicted molar refractivity (Wildman–Crippen MR) is 214 cm³/mol. The standard InChI is InChI=1S/C50H29NO2/c1-5-18-41-35(11-1)36-12-2-6-19-42(36)50(41)43-20-7-3-13-37(43)38-28-27-32(29-44(38)50)34-16-10-21-45-48(34)53-49(51-45)31-25-23-30(24-26-31)33-15-9-17-40-39-14-4-8-22-46(39)52-47(33)40/h1-29H. The lowest BCUT2D eigenvalue weighted by Gasteiger charge is -2.30. The highest BCUT2D eigenvalue weighted by Crippen LogP contribution is 2.63. The van der Waals surface area contributed by atoms with Crippen LogP contribution >= 0.6 is 0 Å². The van der Waals surface area contributed by atoms with E-state index < -0.39 is 5.41 Å². The van der Waals surface area contributed by atoms with Crippen LogP contribution in [0, 0.1) is 0 Å². The minimum atomic E-state index is -0.399. The van der Waals surface area contributed by atoms with Gasteiger partial charge >= 0.3 is 0 Å². The molecule has 0 atom stereocenters. The van der Waals surface area contributed by atoms with E-state index in [9.17, 15) is 0 Å². The largest absolute Gasteiger partial charge is 0.455 e. The van der Waals surface area contributed by atoms with Crippen molar-refractivity contribution in [2.45, 2.75) is 5.41 Å². The topological polar surface area (TPSA) is 39.2 Å². The van der Waals surface area contributed by atoms with Crippen LogP contribution in [0.25, 0.3) is 89.0 Å². The lowest BCUT2D eigenvalue weighted by molar-refractivity contribution is 0.621. The minimum absolute atomic E-state index is 0.399. The first-order valence-corrected chi connectivity index (χ1v) is 18.1. The first-order chi connectivity index (χ1) is 26.3. The average molecular weight is 676 g/mol. The Balaban J connectivity index is 0.982. The summed E-state index contributed by atoms with van der Waals surface area (Å²) in [7, 11) is 0. The molecule has 1 spiro atoms. The summed E-state index contributed by atoms with van der Waals surface area (Å²) in [6.07, 6.45) is 0. The molecule has 2 aliphatic carbocycles. The Hall–Kier alpha value is -6.97. The van der Waals surface area contributed by atoms with Crippen molar-refractivity contribution >= 4 is 33.0 Å². The smallest absolute Gasteiger partial charge is 0.227 e. The molecule has 2 heterocycles. The summed E-state index contributed by atoms with van der Waals surface area (Å²) in [6.45, 7) is 0. The van der Waals surface area contributed by atoms with Crippen LogP contribution in [0.5, 0.6) is 0 Å². The number of fused-ring (bicyclic) bond motifs is 14. The van der Waals surface area contributed by atoms with Crippen LogP contribution < -0.4 is 0 Å². The van der Waals surface area contributed by atoms with Crippen LogP contribution in [0.3, 0.4) is 0 Å². The fourth-order valence-electron chi connectivity index (χ4n) is 9.33. The number of para-hydroxylation sites is 3. The van der Waals surface area contributed by atoms with Crippen molar-refractivity contribution in [1.82, 2.24) is 4.98 Å². The second-order valence-electron chi connectivity index (χ2n) is 14.2. The van der Waals surface area contributed by atoms with Gasteiger partial charge in [-0.3, -0.25) is 0 Å². The summed E-state index contributed by atoms with van der Waals surface area (Å²) >= 11 is 0. The van der Waals surface area contributed by atoms with Gasteiger partial charge in [0.1, 0.15) is 16.7 Å². The Bertz CT molecular complexity index is 3060. The van der Waals surface area contributed by atoms with E-state index in [0.717, 1.165) is 60.9 Å². The Morgan fingerprint density at radius 1 is 0.358 bits per heavy atom. The zero-order valence-corrected chi connectivity index (χ0v) is 28.5. The SMILES string of the molecule is c1ccc2c(c1)-c1ccccc1C21c2ccccc2-c2ccc(-c3cccc4nc(-c5ccc(-c6cccc7c6oc6ccccc67)cc5)oc34)cc21. The lowest BCUT2D eigenvalue weighted by Crippen LogP contribution is -2.25. The van der Waals surface area contributed by atoms with Crippen molar-refractivity contribution < 1.29 is 8.83 Å². The summed E-state index contributed by atoms with van der Waals surface area (Å²) in [5, 5.41) is 2.25. The zero-order valence-electron chi connectivity index (χ0n) is 28.5. The number of furan rings is 1. The maximum absolute atomic E-state index is 6.68. The highest BCUT2D eigenvalue weighted by Gasteiger charge is 2.51. The second-order valence-corrected chi connectivity index (χ2v) is 14.2. The van der Waals surface area contributed by atoms with Crippen LogP contribution in [0.2, 0.25) is 0 Å². The van der Waals surface area contributed by atoms with Gasteiger partial charge in [0.05, 0.1) is 5.41 Å². The maximum atomic E-state index is 6.68. The third-order valence-electron chi connectivity index (χ3n) is 11.6. The maximum Gasteiger partial charge on any atom is 0.227 e. The molecule has 2 aromatic heterocycles. The van der Waals surface area contributed by atoms with Crippen molar-refractivity contribution in [2.24, 2.45) is 0 Å². The Labute approximate surface area is 305 Å². The fourth-order valence-corrected chi connectivity index (χ4v) is 9.33. The Kier molecular flexibility index (Phi) is 5.70. The van der Waals surface area contributed by atoms with E-state index in [0.29, 0.717) is 5.89 Å². The average Bonchev–Trinajstić information content (AvgIpc) is 3.98. The van der Waals surface area contributed by atoms with Crippen LogP contribution in [0.4, 0.5) is 0 Å². The van der Waals surface area contributed by atoms with Gasteiger partial charge in [0.25, 0.3) is 0 Å². The van der Waals surface area contributed by atoms with Gasteiger partial charge in [0, 0.05) is 27.5 Å². The molecule has 0 aliphatic heterocycles. The first kappa shape index (κ1) is 28.7. The van der Waals surface area contributed by atoms with Crippen LogP contribution in [0.15, 0.2) is 185 Å². The summed E-state index contributed by atoms with van der Waals surface area (Å²) in [5.74, 6) is 0.602. The van der Waals surface area contributed by atoms with E-state index in [1.165, 1.54) is 44.5 Å². The van der Waals surface area contributed by atoms with E-state index in [1.807, 2.05) is 18.2 Å². The van der Waals surface area contributed by atoms with E-state index in [4.69, 9.17) is 13.8 Å². The lowest BCUT2D eigenvalue weighted by atomic mass is 9.70. The number of hydrogen-bond acceptors (Lipinski definition) is 3. The van der Waals surface area contributed by atoms with Gasteiger partial charge in [0.15, 0.2) is 5.58 Å². The number of nitrogens with zero attached hydrogens (tertiary/aromatic N) is 1. The van der Waals surface area contributed by atoms with Gasteiger partial charge in [-0.2, -0.15) is 0 Å². The first-order valence-electron chi connectivity index (χ1n) is 18.1. The molecule has 0 bridgehead atoms. The molecule has 0 saturated carbocycles. The van der Waals surface area contributed by atoms with Gasteiger partial charge in [0.2, 0.25) is 5.89 Å². The normalized spacial score (nSPS) is 13.4. The molecule has 0 radical (unpaired) electrons. The van der Waals surface area contributed by atoms with Crippen molar-refractivity contribution in [2.75, 3.05) is 0 Å². The third-order valence-corrected chi connectivity index (χ3v) is 11.6. The van der Waals surface area contributed by atoms with Crippen molar-refractivity contribution in [3.8, 4) is 56.0 Å². The molecular formula is C50H29NO2. The van der Waals surface area contributed by atoms with E-state index in [1.54, 1.807) is 0 Å². The van der Waals surface area contributed by atoms with Crippen molar-refractivity contribution in [1.29, 1.82) is 0 Å². The summed E-state index contributed by atoms with van der Waals surface area (Å²) < 4.78 is 13.0. The molecule has 12 rings (SSSR count). The van der Waals surface area contributed by atoms with Gasteiger partial charge in [-0.1, -0.05) is 146 Å². The van der Waals surface area contributed by atoms with Gasteiger partial charge in [-0.05, 0) is 86.0 Å². The molecule has 0 unspecified atom stereocenters. The second kappa shape index (κ2) is 10.5. The van der Waals surface area contributed by atoms with E-state index in [2.05, 4.69) is 158 Å². The molecule has 0 fully saturated rings. The Morgan fingerprint density at radius 3 is 1.60 bits per heavy atom. The van der Waals surface area contributed by atoms with E-state index in [-0.39, 0.29) is 0 Å². The van der Waals surface area contributed by atoms with E-state index >= 15 is 0 Å². The van der Waals surface area contributed by atoms with Gasteiger partial charge in [-0.25, -0.2) is 4.98 Å². The molecule has 3 nitrogen and oxygen atoms in total. The van der Waals surface area contributed by atoms with Crippen molar-refractivity contribution in [3.05, 3.63) is 198 Å². The van der Waals surface area contributed by atoms with Crippen LogP contribution in [-0.4, -0.2) is 4.98 Å². The molecular weight excluding hydrogens is 647 g/mol.